The molecule has 0 bridgehead atoms. The first kappa shape index (κ1) is 24.1. The predicted molar refractivity (Wildman–Crippen MR) is 132 cm³/mol. The Morgan fingerprint density at radius 3 is 2.53 bits per heavy atom. The van der Waals surface area contributed by atoms with Crippen LogP contribution in [0, 0.1) is 6.92 Å². The first-order chi connectivity index (χ1) is 15.5. The fraction of sp³-hybridized carbons (Fsp3) is 0.538. The zero-order valence-corrected chi connectivity index (χ0v) is 20.7. The Balaban J connectivity index is 0.00000141. The molecule has 1 saturated heterocycles. The number of anilines is 1. The summed E-state index contributed by atoms with van der Waals surface area (Å²) in [7, 11) is 0. The molecule has 2 unspecified atom stereocenters. The van der Waals surface area contributed by atoms with Crippen molar-refractivity contribution in [1.29, 1.82) is 0 Å². The number of benzene rings is 1. The van der Waals surface area contributed by atoms with Crippen molar-refractivity contribution < 1.29 is 9.47 Å². The van der Waals surface area contributed by atoms with Gasteiger partial charge in [-0.25, -0.2) is 0 Å². The van der Waals surface area contributed by atoms with Crippen molar-refractivity contribution in [2.75, 3.05) is 31.2 Å². The van der Waals surface area contributed by atoms with Gasteiger partial charge in [-0.05, 0) is 57.4 Å². The van der Waals surface area contributed by atoms with Crippen LogP contribution in [0.2, 0.25) is 0 Å². The minimum absolute atomic E-state index is 0.192. The highest BCUT2D eigenvalue weighted by Gasteiger charge is 2.27. The fourth-order valence-corrected chi connectivity index (χ4v) is 4.40. The van der Waals surface area contributed by atoms with E-state index < -0.39 is 0 Å². The summed E-state index contributed by atoms with van der Waals surface area (Å²) in [4.78, 5) is 2.33. The minimum Gasteiger partial charge on any atom is -0.494 e. The molecule has 0 spiro atoms. The van der Waals surface area contributed by atoms with Gasteiger partial charge in [-0.2, -0.15) is 5.10 Å². The molecule has 6 heteroatoms. The van der Waals surface area contributed by atoms with Crippen LogP contribution in [0.1, 0.15) is 65.3 Å². The van der Waals surface area contributed by atoms with E-state index in [-0.39, 0.29) is 6.10 Å². The number of hydrogen-bond donors (Lipinski definition) is 0. The number of rotatable bonds is 6. The fourth-order valence-electron chi connectivity index (χ4n) is 4.40. The largest absolute Gasteiger partial charge is 0.494 e. The van der Waals surface area contributed by atoms with Crippen molar-refractivity contribution in [3.05, 3.63) is 41.9 Å². The lowest BCUT2D eigenvalue weighted by Crippen LogP contribution is -2.41. The monoisotopic (exact) mass is 438 g/mol. The highest BCUT2D eigenvalue weighted by Crippen LogP contribution is 2.39. The smallest absolute Gasteiger partial charge is 0.161 e. The minimum atomic E-state index is 0.192. The van der Waals surface area contributed by atoms with E-state index in [9.17, 15) is 0 Å². The van der Waals surface area contributed by atoms with Gasteiger partial charge in [0.2, 0.25) is 0 Å². The van der Waals surface area contributed by atoms with E-state index in [1.54, 1.807) is 0 Å². The van der Waals surface area contributed by atoms with Gasteiger partial charge < -0.3 is 18.9 Å². The van der Waals surface area contributed by atoms with Crippen LogP contribution >= 0.6 is 0 Å². The predicted octanol–water partition coefficient (Wildman–Crippen LogP) is 5.89. The number of morpholine rings is 1. The molecule has 4 rings (SSSR count). The molecule has 6 nitrogen and oxygen atoms in total. The zero-order valence-electron chi connectivity index (χ0n) is 20.7. The van der Waals surface area contributed by atoms with Crippen LogP contribution in [0.15, 0.2) is 30.5 Å². The first-order valence-corrected chi connectivity index (χ1v) is 12.0. The summed E-state index contributed by atoms with van der Waals surface area (Å²) in [5.74, 6) is 2.26. The summed E-state index contributed by atoms with van der Waals surface area (Å²) in [6, 6.07) is 8.37. The number of ether oxygens (including phenoxy) is 2. The SMILES string of the molecule is CC.CCOc1ccc(-n2c(C)c3cnnc(N4CCOC(C)C4)c3c2C(C)CC)cc1. The molecule has 0 radical (unpaired) electrons. The van der Waals surface area contributed by atoms with Crippen molar-refractivity contribution in [3.8, 4) is 11.4 Å². The molecule has 2 aromatic heterocycles. The number of hydrogen-bond acceptors (Lipinski definition) is 5. The van der Waals surface area contributed by atoms with E-state index >= 15 is 0 Å². The van der Waals surface area contributed by atoms with Gasteiger partial charge in [-0.3, -0.25) is 0 Å². The summed E-state index contributed by atoms with van der Waals surface area (Å²) in [6.45, 7) is 17.9. The Morgan fingerprint density at radius 2 is 1.91 bits per heavy atom. The standard InChI is InChI=1S/C24H32N4O2.C2H6/c1-6-16(3)23-22-21(14-25-26-24(22)27-12-13-30-17(4)15-27)18(5)28(23)19-8-10-20(11-9-19)29-7-2;1-2/h8-11,14,16-17H,6-7,12-13,15H2,1-5H3;1-2H3. The third kappa shape index (κ3) is 4.60. The van der Waals surface area contributed by atoms with Gasteiger partial charge in [0.05, 0.1) is 25.5 Å². The van der Waals surface area contributed by atoms with Gasteiger partial charge in [0.25, 0.3) is 0 Å². The van der Waals surface area contributed by atoms with Crippen molar-refractivity contribution in [2.45, 2.75) is 66.9 Å². The Morgan fingerprint density at radius 1 is 1.19 bits per heavy atom. The molecule has 3 aromatic rings. The maximum Gasteiger partial charge on any atom is 0.161 e. The van der Waals surface area contributed by atoms with E-state index in [1.165, 1.54) is 22.2 Å². The van der Waals surface area contributed by atoms with Crippen LogP contribution in [-0.2, 0) is 4.74 Å². The number of fused-ring (bicyclic) bond motifs is 1. The van der Waals surface area contributed by atoms with Crippen LogP contribution < -0.4 is 9.64 Å². The Kier molecular flexibility index (Phi) is 8.13. The second-order valence-electron chi connectivity index (χ2n) is 8.13. The van der Waals surface area contributed by atoms with Crippen LogP contribution in [0.4, 0.5) is 5.82 Å². The molecule has 0 aliphatic carbocycles. The topological polar surface area (TPSA) is 52.4 Å². The van der Waals surface area contributed by atoms with E-state index in [4.69, 9.17) is 9.47 Å². The molecule has 32 heavy (non-hydrogen) atoms. The van der Waals surface area contributed by atoms with Gasteiger partial charge in [-0.1, -0.05) is 27.7 Å². The van der Waals surface area contributed by atoms with Crippen LogP contribution in [0.3, 0.4) is 0 Å². The molecule has 1 aliphatic heterocycles. The third-order valence-corrected chi connectivity index (χ3v) is 6.08. The highest BCUT2D eigenvalue weighted by molar-refractivity contribution is 5.97. The Labute approximate surface area is 192 Å². The number of aromatic nitrogens is 3. The molecular weight excluding hydrogens is 400 g/mol. The highest BCUT2D eigenvalue weighted by atomic mass is 16.5. The molecule has 1 fully saturated rings. The summed E-state index contributed by atoms with van der Waals surface area (Å²) in [5, 5.41) is 11.4. The maximum atomic E-state index is 5.76. The quantitative estimate of drug-likeness (QED) is 0.480. The summed E-state index contributed by atoms with van der Waals surface area (Å²) >= 11 is 0. The van der Waals surface area contributed by atoms with Gasteiger partial charge in [0.1, 0.15) is 5.75 Å². The second-order valence-corrected chi connectivity index (χ2v) is 8.13. The third-order valence-electron chi connectivity index (χ3n) is 6.08. The van der Waals surface area contributed by atoms with Crippen LogP contribution in [-0.4, -0.2) is 47.2 Å². The van der Waals surface area contributed by atoms with E-state index in [0.29, 0.717) is 12.5 Å². The normalized spacial score (nSPS) is 17.1. The molecule has 174 valence electrons. The number of nitrogens with zero attached hydrogens (tertiary/aromatic N) is 4. The zero-order chi connectivity index (χ0) is 23.3. The average Bonchev–Trinajstić information content (AvgIpc) is 3.13. The molecule has 1 aliphatic rings. The summed E-state index contributed by atoms with van der Waals surface area (Å²) in [6.07, 6.45) is 3.16. The molecule has 3 heterocycles. The molecule has 0 saturated carbocycles. The summed E-state index contributed by atoms with van der Waals surface area (Å²) < 4.78 is 13.8. The number of aryl methyl sites for hydroxylation is 1. The van der Waals surface area contributed by atoms with E-state index in [1.807, 2.05) is 39.1 Å². The molecule has 1 aromatic carbocycles. The van der Waals surface area contributed by atoms with Gasteiger partial charge >= 0.3 is 0 Å². The lowest BCUT2D eigenvalue weighted by molar-refractivity contribution is 0.0530. The Hall–Kier alpha value is -2.60. The van der Waals surface area contributed by atoms with Crippen molar-refractivity contribution in [1.82, 2.24) is 14.8 Å². The van der Waals surface area contributed by atoms with Gasteiger partial charge in [-0.15, -0.1) is 5.10 Å². The van der Waals surface area contributed by atoms with Crippen molar-refractivity contribution in [2.24, 2.45) is 0 Å². The molecular formula is C26H38N4O2. The first-order valence-electron chi connectivity index (χ1n) is 12.0. The van der Waals surface area contributed by atoms with Crippen molar-refractivity contribution in [3.63, 3.8) is 0 Å². The van der Waals surface area contributed by atoms with E-state index in [2.05, 4.69) is 59.5 Å². The maximum absolute atomic E-state index is 5.76. The second kappa shape index (κ2) is 10.8. The van der Waals surface area contributed by atoms with Crippen LogP contribution in [0.5, 0.6) is 5.75 Å². The van der Waals surface area contributed by atoms with Gasteiger partial charge in [0, 0.05) is 40.9 Å². The van der Waals surface area contributed by atoms with Crippen LogP contribution in [0.25, 0.3) is 16.5 Å². The molecule has 0 amide bonds. The lowest BCUT2D eigenvalue weighted by Gasteiger charge is -2.32. The van der Waals surface area contributed by atoms with E-state index in [0.717, 1.165) is 43.4 Å². The lowest BCUT2D eigenvalue weighted by atomic mass is 10.0. The summed E-state index contributed by atoms with van der Waals surface area (Å²) in [5.41, 5.74) is 3.64. The van der Waals surface area contributed by atoms with Crippen molar-refractivity contribution >= 4 is 16.6 Å². The molecule has 0 N–H and O–H groups in total. The molecule has 2 atom stereocenters. The van der Waals surface area contributed by atoms with Gasteiger partial charge in [0.15, 0.2) is 5.82 Å². The Bertz CT molecular complexity index is 1010. The average molecular weight is 439 g/mol.